The van der Waals surface area contributed by atoms with Crippen molar-refractivity contribution in [1.29, 1.82) is 0 Å². The molecule has 1 rings (SSSR count). The molecule has 0 spiro atoms. The van der Waals surface area contributed by atoms with E-state index in [2.05, 4.69) is 43.2 Å². The Morgan fingerprint density at radius 1 is 1.32 bits per heavy atom. The summed E-state index contributed by atoms with van der Waals surface area (Å²) in [6, 6.07) is -0.0963. The molecule has 2 atom stereocenters. The summed E-state index contributed by atoms with van der Waals surface area (Å²) in [6.45, 7) is 15.1. The number of likely N-dealkylation sites (tertiary alicyclic amines) is 1. The van der Waals surface area contributed by atoms with Crippen LogP contribution in [-0.4, -0.2) is 54.9 Å². The Bertz CT molecular complexity index is 343. The second kappa shape index (κ2) is 8.73. The van der Waals surface area contributed by atoms with E-state index in [1.165, 1.54) is 6.42 Å². The molecule has 1 saturated heterocycles. The van der Waals surface area contributed by atoms with Crippen LogP contribution in [0.15, 0.2) is 0 Å². The Hall–Kier alpha value is -0.810. The summed E-state index contributed by atoms with van der Waals surface area (Å²) in [6.07, 6.45) is 1.51. The van der Waals surface area contributed by atoms with Crippen molar-refractivity contribution in [2.24, 2.45) is 17.3 Å². The number of aliphatic hydroxyl groups excluding tert-OH is 1. The molecule has 2 unspecified atom stereocenters. The fourth-order valence-corrected chi connectivity index (χ4v) is 3.25. The minimum absolute atomic E-state index is 0.0903. The highest BCUT2D eigenvalue weighted by atomic mass is 16.3. The molecule has 5 heteroatoms. The Morgan fingerprint density at radius 3 is 2.59 bits per heavy atom. The van der Waals surface area contributed by atoms with Crippen LogP contribution in [0.2, 0.25) is 0 Å². The van der Waals surface area contributed by atoms with Crippen molar-refractivity contribution in [2.45, 2.75) is 53.6 Å². The van der Waals surface area contributed by atoms with Crippen molar-refractivity contribution in [3.63, 3.8) is 0 Å². The van der Waals surface area contributed by atoms with Crippen molar-refractivity contribution in [3.8, 4) is 0 Å². The van der Waals surface area contributed by atoms with Crippen molar-refractivity contribution >= 4 is 6.03 Å². The van der Waals surface area contributed by atoms with Gasteiger partial charge in [0.1, 0.15) is 0 Å². The van der Waals surface area contributed by atoms with Crippen molar-refractivity contribution in [3.05, 3.63) is 0 Å². The molecule has 0 aromatic rings. The minimum Gasteiger partial charge on any atom is -0.393 e. The van der Waals surface area contributed by atoms with Crippen LogP contribution in [0.5, 0.6) is 0 Å². The second-order valence-electron chi connectivity index (χ2n) is 8.09. The summed E-state index contributed by atoms with van der Waals surface area (Å²) in [5.41, 5.74) is -0.0903. The Balaban J connectivity index is 2.19. The molecule has 0 bridgehead atoms. The molecule has 1 heterocycles. The van der Waals surface area contributed by atoms with Crippen molar-refractivity contribution in [1.82, 2.24) is 15.5 Å². The lowest BCUT2D eigenvalue weighted by atomic mass is 9.87. The molecule has 5 nitrogen and oxygen atoms in total. The molecular formula is C17H35N3O2. The molecule has 0 aromatic heterocycles. The van der Waals surface area contributed by atoms with Gasteiger partial charge in [-0.3, -0.25) is 0 Å². The molecule has 0 saturated carbocycles. The Kier molecular flexibility index (Phi) is 7.63. The minimum atomic E-state index is -0.342. The zero-order valence-corrected chi connectivity index (χ0v) is 15.0. The molecule has 1 aliphatic heterocycles. The number of aliphatic hydroxyl groups is 1. The highest BCUT2D eigenvalue weighted by molar-refractivity contribution is 5.73. The summed E-state index contributed by atoms with van der Waals surface area (Å²) in [5, 5.41) is 15.4. The molecule has 3 N–H and O–H groups in total. The summed E-state index contributed by atoms with van der Waals surface area (Å²) >= 11 is 0. The average Bonchev–Trinajstić information content (AvgIpc) is 2.79. The number of amides is 2. The lowest BCUT2D eigenvalue weighted by Gasteiger charge is -2.26. The number of nitrogens with zero attached hydrogens (tertiary/aromatic N) is 1. The number of carbonyl (C=O) groups excluding carboxylic acids is 1. The van der Waals surface area contributed by atoms with E-state index in [0.29, 0.717) is 24.8 Å². The first-order valence-corrected chi connectivity index (χ1v) is 8.60. The third-order valence-corrected chi connectivity index (χ3v) is 4.12. The maximum Gasteiger partial charge on any atom is 0.314 e. The monoisotopic (exact) mass is 313 g/mol. The van der Waals surface area contributed by atoms with Crippen LogP contribution in [0.4, 0.5) is 4.79 Å². The highest BCUT2D eigenvalue weighted by Gasteiger charge is 2.24. The lowest BCUT2D eigenvalue weighted by molar-refractivity contribution is 0.128. The van der Waals surface area contributed by atoms with Gasteiger partial charge in [0.05, 0.1) is 6.10 Å². The van der Waals surface area contributed by atoms with E-state index in [1.54, 1.807) is 6.92 Å². The fourth-order valence-electron chi connectivity index (χ4n) is 3.25. The van der Waals surface area contributed by atoms with Gasteiger partial charge in [0.15, 0.2) is 0 Å². The topological polar surface area (TPSA) is 64.6 Å². The van der Waals surface area contributed by atoms with E-state index < -0.39 is 0 Å². The SMILES string of the molecule is CC(C)CN1CCC(CNC(=O)NCC(C)(C)CC(C)O)C1. The third-order valence-electron chi connectivity index (χ3n) is 4.12. The van der Waals surface area contributed by atoms with Gasteiger partial charge in [-0.2, -0.15) is 0 Å². The van der Waals surface area contributed by atoms with E-state index in [4.69, 9.17) is 0 Å². The predicted molar refractivity (Wildman–Crippen MR) is 90.9 cm³/mol. The number of carbonyl (C=O) groups is 1. The average molecular weight is 313 g/mol. The standard InChI is InChI=1S/C17H35N3O2/c1-13(2)10-20-7-6-15(11-20)9-18-16(22)19-12-17(4,5)8-14(3)21/h13-15,21H,6-12H2,1-5H3,(H2,18,19,22). The Labute approximate surface area is 135 Å². The number of hydrogen-bond acceptors (Lipinski definition) is 3. The molecular weight excluding hydrogens is 278 g/mol. The molecule has 130 valence electrons. The molecule has 1 fully saturated rings. The highest BCUT2D eigenvalue weighted by Crippen LogP contribution is 2.21. The zero-order chi connectivity index (χ0) is 16.8. The van der Waals surface area contributed by atoms with Crippen LogP contribution in [0.1, 0.15) is 47.5 Å². The largest absolute Gasteiger partial charge is 0.393 e. The van der Waals surface area contributed by atoms with Gasteiger partial charge >= 0.3 is 6.03 Å². The molecule has 1 aliphatic rings. The van der Waals surface area contributed by atoms with Gasteiger partial charge in [-0.1, -0.05) is 27.7 Å². The maximum atomic E-state index is 11.9. The van der Waals surface area contributed by atoms with Crippen LogP contribution in [0.3, 0.4) is 0 Å². The van der Waals surface area contributed by atoms with Crippen LogP contribution in [0.25, 0.3) is 0 Å². The maximum absolute atomic E-state index is 11.9. The Morgan fingerprint density at radius 2 is 2.00 bits per heavy atom. The smallest absolute Gasteiger partial charge is 0.314 e. The van der Waals surface area contributed by atoms with E-state index >= 15 is 0 Å². The van der Waals surface area contributed by atoms with Gasteiger partial charge in [-0.05, 0) is 43.6 Å². The lowest BCUT2D eigenvalue weighted by Crippen LogP contribution is -2.43. The van der Waals surface area contributed by atoms with E-state index in [-0.39, 0.29) is 17.6 Å². The first-order valence-electron chi connectivity index (χ1n) is 8.60. The molecule has 0 radical (unpaired) electrons. The quantitative estimate of drug-likeness (QED) is 0.643. The van der Waals surface area contributed by atoms with Gasteiger partial charge in [0, 0.05) is 26.2 Å². The fraction of sp³-hybridized carbons (Fsp3) is 0.941. The first kappa shape index (κ1) is 19.2. The predicted octanol–water partition coefficient (Wildman–Crippen LogP) is 2.06. The second-order valence-corrected chi connectivity index (χ2v) is 8.09. The number of hydrogen-bond donors (Lipinski definition) is 3. The summed E-state index contributed by atoms with van der Waals surface area (Å²) in [5.74, 6) is 1.26. The zero-order valence-electron chi connectivity index (χ0n) is 15.0. The third kappa shape index (κ3) is 7.99. The van der Waals surface area contributed by atoms with Gasteiger partial charge in [0.2, 0.25) is 0 Å². The van der Waals surface area contributed by atoms with Crippen LogP contribution in [-0.2, 0) is 0 Å². The van der Waals surface area contributed by atoms with Crippen LogP contribution in [0, 0.1) is 17.3 Å². The number of nitrogens with one attached hydrogen (secondary N) is 2. The van der Waals surface area contributed by atoms with E-state index in [0.717, 1.165) is 26.2 Å². The molecule has 0 aliphatic carbocycles. The summed E-state index contributed by atoms with van der Waals surface area (Å²) in [7, 11) is 0. The van der Waals surface area contributed by atoms with Gasteiger partial charge in [0.25, 0.3) is 0 Å². The van der Waals surface area contributed by atoms with E-state index in [9.17, 15) is 9.90 Å². The van der Waals surface area contributed by atoms with Crippen molar-refractivity contribution < 1.29 is 9.90 Å². The van der Waals surface area contributed by atoms with Crippen LogP contribution >= 0.6 is 0 Å². The normalized spacial score (nSPS) is 21.1. The number of urea groups is 1. The molecule has 2 amide bonds. The first-order chi connectivity index (χ1) is 10.2. The van der Waals surface area contributed by atoms with Crippen molar-refractivity contribution in [2.75, 3.05) is 32.7 Å². The van der Waals surface area contributed by atoms with Gasteiger partial charge in [-0.15, -0.1) is 0 Å². The molecule has 22 heavy (non-hydrogen) atoms. The number of rotatable bonds is 8. The van der Waals surface area contributed by atoms with E-state index in [1.807, 2.05) is 0 Å². The van der Waals surface area contributed by atoms with Crippen LogP contribution < -0.4 is 10.6 Å². The summed E-state index contributed by atoms with van der Waals surface area (Å²) < 4.78 is 0. The molecule has 0 aromatic carbocycles. The van der Waals surface area contributed by atoms with Gasteiger partial charge < -0.3 is 20.6 Å². The summed E-state index contributed by atoms with van der Waals surface area (Å²) in [4.78, 5) is 14.4. The van der Waals surface area contributed by atoms with Gasteiger partial charge in [-0.25, -0.2) is 4.79 Å².